The van der Waals surface area contributed by atoms with Gasteiger partial charge in [0.1, 0.15) is 30.0 Å². The van der Waals surface area contributed by atoms with Gasteiger partial charge in [0, 0.05) is 0 Å². The Balaban J connectivity index is 1.90. The van der Waals surface area contributed by atoms with Crippen molar-refractivity contribution in [2.24, 2.45) is 0 Å². The van der Waals surface area contributed by atoms with Crippen molar-refractivity contribution >= 4 is 0 Å². The molecule has 0 spiro atoms. The summed E-state index contributed by atoms with van der Waals surface area (Å²) in [5.74, 6) is 0.972. The van der Waals surface area contributed by atoms with Crippen LogP contribution in [0.15, 0.2) is 48.5 Å². The molecule has 0 aliphatic heterocycles. The van der Waals surface area contributed by atoms with Crippen LogP contribution in [0.1, 0.15) is 25.5 Å². The summed E-state index contributed by atoms with van der Waals surface area (Å²) >= 11 is 0. The van der Waals surface area contributed by atoms with Gasteiger partial charge in [-0.1, -0.05) is 12.1 Å². The van der Waals surface area contributed by atoms with Crippen molar-refractivity contribution in [1.29, 1.82) is 0 Å². The Morgan fingerprint density at radius 1 is 0.952 bits per heavy atom. The first-order valence-corrected chi connectivity index (χ1v) is 6.87. The average Bonchev–Trinajstić information content (AvgIpc) is 2.46. The molecule has 112 valence electrons. The van der Waals surface area contributed by atoms with Crippen LogP contribution in [0.25, 0.3) is 0 Å². The van der Waals surface area contributed by atoms with Gasteiger partial charge in [-0.15, -0.1) is 0 Å². The number of hydrogen-bond donors (Lipinski definition) is 1. The van der Waals surface area contributed by atoms with E-state index in [0.717, 1.165) is 11.3 Å². The molecule has 2 aromatic carbocycles. The van der Waals surface area contributed by atoms with Crippen LogP contribution in [-0.2, 0) is 0 Å². The van der Waals surface area contributed by atoms with E-state index in [9.17, 15) is 9.50 Å². The van der Waals surface area contributed by atoms with E-state index in [0.29, 0.717) is 5.75 Å². The van der Waals surface area contributed by atoms with Gasteiger partial charge in [0.2, 0.25) is 0 Å². The van der Waals surface area contributed by atoms with Gasteiger partial charge < -0.3 is 14.6 Å². The molecule has 0 bridgehead atoms. The molecule has 0 amide bonds. The lowest BCUT2D eigenvalue weighted by molar-refractivity contribution is 0.108. The molecule has 1 unspecified atom stereocenters. The Morgan fingerprint density at radius 2 is 1.52 bits per heavy atom. The van der Waals surface area contributed by atoms with Crippen molar-refractivity contribution in [2.45, 2.75) is 26.1 Å². The Labute approximate surface area is 124 Å². The highest BCUT2D eigenvalue weighted by molar-refractivity contribution is 5.29. The Bertz CT molecular complexity index is 549. The molecule has 4 heteroatoms. The van der Waals surface area contributed by atoms with Crippen LogP contribution in [0.4, 0.5) is 4.39 Å². The van der Waals surface area contributed by atoms with Crippen molar-refractivity contribution in [2.75, 3.05) is 6.61 Å². The number of aliphatic hydroxyl groups excluding tert-OH is 1. The molecule has 0 saturated carbocycles. The number of halogens is 1. The lowest BCUT2D eigenvalue weighted by Crippen LogP contribution is -2.10. The molecule has 0 aliphatic carbocycles. The SMILES string of the molecule is CC(C)Oc1ccc(C(O)COc2ccc(F)cc2)cc1. The molecule has 2 aromatic rings. The molecular weight excluding hydrogens is 271 g/mol. The van der Waals surface area contributed by atoms with E-state index in [1.54, 1.807) is 12.1 Å². The van der Waals surface area contributed by atoms with Gasteiger partial charge in [0.15, 0.2) is 0 Å². The molecule has 1 atom stereocenters. The molecular formula is C17H19FO3. The van der Waals surface area contributed by atoms with Crippen molar-refractivity contribution in [3.8, 4) is 11.5 Å². The van der Waals surface area contributed by atoms with Gasteiger partial charge in [-0.25, -0.2) is 4.39 Å². The number of benzene rings is 2. The zero-order chi connectivity index (χ0) is 15.2. The van der Waals surface area contributed by atoms with E-state index >= 15 is 0 Å². The second-order valence-electron chi connectivity index (χ2n) is 5.02. The molecule has 2 rings (SSSR count). The summed E-state index contributed by atoms with van der Waals surface area (Å²) in [6, 6.07) is 12.9. The van der Waals surface area contributed by atoms with Gasteiger partial charge in [0.25, 0.3) is 0 Å². The van der Waals surface area contributed by atoms with Crippen LogP contribution in [-0.4, -0.2) is 17.8 Å². The van der Waals surface area contributed by atoms with Crippen molar-refractivity contribution < 1.29 is 19.0 Å². The Morgan fingerprint density at radius 3 is 2.10 bits per heavy atom. The van der Waals surface area contributed by atoms with Crippen LogP contribution in [0.3, 0.4) is 0 Å². The predicted molar refractivity (Wildman–Crippen MR) is 79.1 cm³/mol. The minimum absolute atomic E-state index is 0.107. The smallest absolute Gasteiger partial charge is 0.123 e. The highest BCUT2D eigenvalue weighted by Crippen LogP contribution is 2.20. The molecule has 0 radical (unpaired) electrons. The zero-order valence-electron chi connectivity index (χ0n) is 12.1. The highest BCUT2D eigenvalue weighted by Gasteiger charge is 2.09. The van der Waals surface area contributed by atoms with Gasteiger partial charge in [-0.2, -0.15) is 0 Å². The summed E-state index contributed by atoms with van der Waals surface area (Å²) < 4.78 is 23.7. The summed E-state index contributed by atoms with van der Waals surface area (Å²) in [5, 5.41) is 10.1. The van der Waals surface area contributed by atoms with Crippen molar-refractivity contribution in [1.82, 2.24) is 0 Å². The fraction of sp³-hybridized carbons (Fsp3) is 0.294. The number of ether oxygens (including phenoxy) is 2. The molecule has 3 nitrogen and oxygen atoms in total. The quantitative estimate of drug-likeness (QED) is 0.881. The van der Waals surface area contributed by atoms with Gasteiger partial charge in [-0.3, -0.25) is 0 Å². The van der Waals surface area contributed by atoms with Crippen LogP contribution in [0.5, 0.6) is 11.5 Å². The Hall–Kier alpha value is -2.07. The highest BCUT2D eigenvalue weighted by atomic mass is 19.1. The standard InChI is InChI=1S/C17H19FO3/c1-12(2)21-16-7-3-13(4-8-16)17(19)11-20-15-9-5-14(18)6-10-15/h3-10,12,17,19H,11H2,1-2H3. The first-order chi connectivity index (χ1) is 10.0. The molecule has 1 N–H and O–H groups in total. The maximum absolute atomic E-state index is 12.8. The van der Waals surface area contributed by atoms with Crippen molar-refractivity contribution in [3.05, 3.63) is 59.9 Å². The first-order valence-electron chi connectivity index (χ1n) is 6.87. The molecule has 0 fully saturated rings. The molecule has 0 saturated heterocycles. The minimum atomic E-state index is -0.747. The van der Waals surface area contributed by atoms with E-state index in [1.165, 1.54) is 24.3 Å². The second-order valence-corrected chi connectivity index (χ2v) is 5.02. The predicted octanol–water partition coefficient (Wildman–Crippen LogP) is 3.73. The van der Waals surface area contributed by atoms with Gasteiger partial charge in [0.05, 0.1) is 6.10 Å². The first kappa shape index (κ1) is 15.3. The fourth-order valence-electron chi connectivity index (χ4n) is 1.84. The lowest BCUT2D eigenvalue weighted by Gasteiger charge is -2.14. The maximum Gasteiger partial charge on any atom is 0.123 e. The van der Waals surface area contributed by atoms with Crippen molar-refractivity contribution in [3.63, 3.8) is 0 Å². The van der Waals surface area contributed by atoms with E-state index in [4.69, 9.17) is 9.47 Å². The van der Waals surface area contributed by atoms with Gasteiger partial charge >= 0.3 is 0 Å². The third-order valence-electron chi connectivity index (χ3n) is 2.86. The summed E-state index contributed by atoms with van der Waals surface area (Å²) in [6.07, 6.45) is -0.634. The van der Waals surface area contributed by atoms with E-state index in [2.05, 4.69) is 0 Å². The maximum atomic E-state index is 12.8. The summed E-state index contributed by atoms with van der Waals surface area (Å²) in [6.45, 7) is 4.02. The molecule has 0 heterocycles. The third kappa shape index (κ3) is 4.76. The monoisotopic (exact) mass is 290 g/mol. The zero-order valence-corrected chi connectivity index (χ0v) is 12.1. The van der Waals surface area contributed by atoms with E-state index in [-0.39, 0.29) is 18.5 Å². The van der Waals surface area contributed by atoms with Crippen LogP contribution >= 0.6 is 0 Å². The fourth-order valence-corrected chi connectivity index (χ4v) is 1.84. The third-order valence-corrected chi connectivity index (χ3v) is 2.86. The topological polar surface area (TPSA) is 38.7 Å². The van der Waals surface area contributed by atoms with Crippen LogP contribution in [0.2, 0.25) is 0 Å². The molecule has 21 heavy (non-hydrogen) atoms. The largest absolute Gasteiger partial charge is 0.491 e. The average molecular weight is 290 g/mol. The second kappa shape index (κ2) is 7.09. The summed E-state index contributed by atoms with van der Waals surface area (Å²) in [4.78, 5) is 0. The normalized spacial score (nSPS) is 12.2. The number of aliphatic hydroxyl groups is 1. The summed E-state index contributed by atoms with van der Waals surface area (Å²) in [7, 11) is 0. The number of rotatable bonds is 6. The van der Waals surface area contributed by atoms with Gasteiger partial charge in [-0.05, 0) is 55.8 Å². The van der Waals surface area contributed by atoms with Crippen LogP contribution < -0.4 is 9.47 Å². The summed E-state index contributed by atoms with van der Waals surface area (Å²) in [5.41, 5.74) is 0.744. The van der Waals surface area contributed by atoms with Crippen LogP contribution in [0, 0.1) is 5.82 Å². The minimum Gasteiger partial charge on any atom is -0.491 e. The number of hydrogen-bond acceptors (Lipinski definition) is 3. The van der Waals surface area contributed by atoms with E-state index < -0.39 is 6.10 Å². The van der Waals surface area contributed by atoms with E-state index in [1.807, 2.05) is 26.0 Å². The molecule has 0 aliphatic rings. The lowest BCUT2D eigenvalue weighted by atomic mass is 10.1. The Kier molecular flexibility index (Phi) is 5.17. The molecule has 0 aromatic heterocycles.